The number of nitrogens with zero attached hydrogens (tertiary/aromatic N) is 1. The lowest BCUT2D eigenvalue weighted by atomic mass is 10.3. The number of aliphatic hydroxyl groups excluding tert-OH is 1. The summed E-state index contributed by atoms with van der Waals surface area (Å²) in [6.45, 7) is -0.184. The van der Waals surface area contributed by atoms with E-state index < -0.39 is 10.0 Å². The van der Waals surface area contributed by atoms with Crippen LogP contribution in [0, 0.1) is 0 Å². The Bertz CT molecular complexity index is 698. The number of sulfonamides is 1. The van der Waals surface area contributed by atoms with Crippen molar-refractivity contribution in [1.29, 1.82) is 0 Å². The summed E-state index contributed by atoms with van der Waals surface area (Å²) in [5.74, 6) is 0. The first kappa shape index (κ1) is 15.4. The fraction of sp³-hybridized carbons (Fsp3) is 0.0833. The summed E-state index contributed by atoms with van der Waals surface area (Å²) < 4.78 is 28.1. The molecule has 0 aliphatic carbocycles. The molecule has 2 rings (SSSR count). The minimum atomic E-state index is -3.79. The van der Waals surface area contributed by atoms with Gasteiger partial charge in [0.1, 0.15) is 0 Å². The van der Waals surface area contributed by atoms with Gasteiger partial charge in [-0.15, -0.1) is 0 Å². The summed E-state index contributed by atoms with van der Waals surface area (Å²) in [6.07, 6.45) is 1.32. The van der Waals surface area contributed by atoms with Crippen LogP contribution in [-0.4, -0.2) is 18.5 Å². The highest BCUT2D eigenvalue weighted by molar-refractivity contribution is 9.11. The number of aromatic nitrogens is 1. The Balaban J connectivity index is 2.35. The quantitative estimate of drug-likeness (QED) is 0.795. The maximum Gasteiger partial charge on any atom is 0.279 e. The molecule has 1 aromatic heterocycles. The molecule has 1 aromatic carbocycles. The maximum atomic E-state index is 12.2. The van der Waals surface area contributed by atoms with Gasteiger partial charge in [-0.1, -0.05) is 12.1 Å². The Kier molecular flexibility index (Phi) is 4.79. The molecule has 0 aliphatic heterocycles. The van der Waals surface area contributed by atoms with Crippen molar-refractivity contribution in [3.8, 4) is 0 Å². The zero-order valence-corrected chi connectivity index (χ0v) is 14.0. The zero-order valence-electron chi connectivity index (χ0n) is 10.0. The highest BCUT2D eigenvalue weighted by Crippen LogP contribution is 2.32. The van der Waals surface area contributed by atoms with Crippen molar-refractivity contribution in [3.63, 3.8) is 0 Å². The highest BCUT2D eigenvalue weighted by Gasteiger charge is 2.18. The van der Waals surface area contributed by atoms with E-state index in [0.29, 0.717) is 20.2 Å². The standard InChI is InChI=1S/C12H10Br2N2O3S/c13-9-2-1-3-10(14)12(9)16-20(18,19)11-5-4-8(7-17)6-15-11/h1-6,16-17H,7H2. The van der Waals surface area contributed by atoms with Gasteiger partial charge in [0.15, 0.2) is 5.03 Å². The second-order valence-electron chi connectivity index (χ2n) is 3.86. The van der Waals surface area contributed by atoms with Crippen LogP contribution in [0.5, 0.6) is 0 Å². The smallest absolute Gasteiger partial charge is 0.279 e. The van der Waals surface area contributed by atoms with Gasteiger partial charge in [0.2, 0.25) is 0 Å². The van der Waals surface area contributed by atoms with Crippen LogP contribution in [-0.2, 0) is 16.6 Å². The molecule has 0 saturated heterocycles. The molecule has 2 N–H and O–H groups in total. The number of para-hydroxylation sites is 1. The van der Waals surface area contributed by atoms with E-state index >= 15 is 0 Å². The lowest BCUT2D eigenvalue weighted by molar-refractivity contribution is 0.281. The molecule has 5 nitrogen and oxygen atoms in total. The lowest BCUT2D eigenvalue weighted by Gasteiger charge is -2.11. The first-order valence-corrected chi connectivity index (χ1v) is 8.53. The minimum absolute atomic E-state index is 0.114. The van der Waals surface area contributed by atoms with Crippen molar-refractivity contribution in [2.75, 3.05) is 4.72 Å². The first-order valence-electron chi connectivity index (χ1n) is 5.46. The molecule has 0 unspecified atom stereocenters. The second kappa shape index (κ2) is 6.21. The van der Waals surface area contributed by atoms with Crippen LogP contribution in [0.1, 0.15) is 5.56 Å². The number of rotatable bonds is 4. The first-order chi connectivity index (χ1) is 9.44. The van der Waals surface area contributed by atoms with Crippen LogP contribution in [0.15, 0.2) is 50.5 Å². The van der Waals surface area contributed by atoms with Gasteiger partial charge in [-0.05, 0) is 55.6 Å². The topological polar surface area (TPSA) is 79.3 Å². The normalized spacial score (nSPS) is 11.3. The summed E-state index contributed by atoms with van der Waals surface area (Å²) >= 11 is 6.57. The van der Waals surface area contributed by atoms with Crippen molar-refractivity contribution < 1.29 is 13.5 Å². The molecule has 20 heavy (non-hydrogen) atoms. The van der Waals surface area contributed by atoms with Gasteiger partial charge < -0.3 is 5.11 Å². The number of hydrogen-bond acceptors (Lipinski definition) is 4. The monoisotopic (exact) mass is 420 g/mol. The number of aliphatic hydroxyl groups is 1. The lowest BCUT2D eigenvalue weighted by Crippen LogP contribution is -2.15. The van der Waals surface area contributed by atoms with Gasteiger partial charge >= 0.3 is 0 Å². The predicted molar refractivity (Wildman–Crippen MR) is 82.8 cm³/mol. The number of halogens is 2. The average Bonchev–Trinajstić information content (AvgIpc) is 2.43. The molecule has 0 radical (unpaired) electrons. The summed E-state index contributed by atoms with van der Waals surface area (Å²) in [5.41, 5.74) is 0.951. The van der Waals surface area contributed by atoms with E-state index in [9.17, 15) is 8.42 Å². The van der Waals surface area contributed by atoms with E-state index in [1.807, 2.05) is 0 Å². The fourth-order valence-electron chi connectivity index (χ4n) is 1.45. The van der Waals surface area contributed by atoms with Crippen LogP contribution >= 0.6 is 31.9 Å². The van der Waals surface area contributed by atoms with Crippen LogP contribution in [0.4, 0.5) is 5.69 Å². The van der Waals surface area contributed by atoms with Crippen molar-refractivity contribution in [1.82, 2.24) is 4.98 Å². The molecule has 1 heterocycles. The number of pyridine rings is 1. The third-order valence-corrected chi connectivity index (χ3v) is 5.04. The van der Waals surface area contributed by atoms with Crippen LogP contribution in [0.2, 0.25) is 0 Å². The number of anilines is 1. The van der Waals surface area contributed by atoms with Crippen LogP contribution in [0.25, 0.3) is 0 Å². The molecule has 0 amide bonds. The van der Waals surface area contributed by atoms with E-state index in [4.69, 9.17) is 5.11 Å². The Morgan fingerprint density at radius 2 is 1.80 bits per heavy atom. The Labute approximate surface area is 133 Å². The van der Waals surface area contributed by atoms with Gasteiger partial charge in [0.25, 0.3) is 10.0 Å². The van der Waals surface area contributed by atoms with E-state index in [0.717, 1.165) is 0 Å². The van der Waals surface area contributed by atoms with Gasteiger partial charge in [-0.3, -0.25) is 4.72 Å². The Morgan fingerprint density at radius 3 is 2.30 bits per heavy atom. The third kappa shape index (κ3) is 3.38. The molecule has 2 aromatic rings. The molecular weight excluding hydrogens is 412 g/mol. The third-order valence-electron chi connectivity index (χ3n) is 2.45. The predicted octanol–water partition coefficient (Wildman–Crippen LogP) is 2.90. The zero-order chi connectivity index (χ0) is 14.8. The van der Waals surface area contributed by atoms with Crippen LogP contribution in [0.3, 0.4) is 0 Å². The summed E-state index contributed by atoms with van der Waals surface area (Å²) in [6, 6.07) is 8.09. The number of hydrogen-bond donors (Lipinski definition) is 2. The highest BCUT2D eigenvalue weighted by atomic mass is 79.9. The molecular formula is C12H10Br2N2O3S. The Hall–Kier alpha value is -0.960. The van der Waals surface area contributed by atoms with Gasteiger partial charge in [0, 0.05) is 15.1 Å². The number of benzene rings is 1. The van der Waals surface area contributed by atoms with E-state index in [2.05, 4.69) is 41.6 Å². The largest absolute Gasteiger partial charge is 0.392 e. The maximum absolute atomic E-state index is 12.2. The van der Waals surface area contributed by atoms with Gasteiger partial charge in [-0.2, -0.15) is 8.42 Å². The fourth-order valence-corrected chi connectivity index (χ4v) is 3.94. The van der Waals surface area contributed by atoms with Crippen molar-refractivity contribution >= 4 is 47.6 Å². The Morgan fingerprint density at radius 1 is 1.15 bits per heavy atom. The average molecular weight is 422 g/mol. The van der Waals surface area contributed by atoms with E-state index in [1.165, 1.54) is 18.3 Å². The summed E-state index contributed by atoms with van der Waals surface area (Å²) in [7, 11) is -3.79. The van der Waals surface area contributed by atoms with Crippen molar-refractivity contribution in [2.24, 2.45) is 0 Å². The second-order valence-corrected chi connectivity index (χ2v) is 7.20. The molecule has 106 valence electrons. The SMILES string of the molecule is O=S(=O)(Nc1c(Br)cccc1Br)c1ccc(CO)cn1. The molecule has 8 heteroatoms. The molecule has 0 atom stereocenters. The number of nitrogens with one attached hydrogen (secondary N) is 1. The molecule has 0 aliphatic rings. The minimum Gasteiger partial charge on any atom is -0.392 e. The molecule has 0 bridgehead atoms. The van der Waals surface area contributed by atoms with Crippen LogP contribution < -0.4 is 4.72 Å². The molecule has 0 fully saturated rings. The summed E-state index contributed by atoms with van der Waals surface area (Å²) in [5, 5.41) is 8.81. The van der Waals surface area contributed by atoms with Crippen molar-refractivity contribution in [3.05, 3.63) is 51.0 Å². The summed E-state index contributed by atoms with van der Waals surface area (Å²) in [4.78, 5) is 3.84. The van der Waals surface area contributed by atoms with Gasteiger partial charge in [0.05, 0.1) is 12.3 Å². The van der Waals surface area contributed by atoms with Crippen molar-refractivity contribution in [2.45, 2.75) is 11.6 Å². The van der Waals surface area contributed by atoms with E-state index in [-0.39, 0.29) is 11.6 Å². The van der Waals surface area contributed by atoms with Gasteiger partial charge in [-0.25, -0.2) is 4.98 Å². The van der Waals surface area contributed by atoms with E-state index in [1.54, 1.807) is 18.2 Å². The molecule has 0 saturated carbocycles. The molecule has 0 spiro atoms.